The van der Waals surface area contributed by atoms with Crippen molar-refractivity contribution in [3.63, 3.8) is 0 Å². The Hall–Kier alpha value is -1.93. The van der Waals surface area contributed by atoms with Crippen LogP contribution in [0.4, 0.5) is 0 Å². The van der Waals surface area contributed by atoms with Gasteiger partial charge in [0, 0.05) is 32.0 Å². The molecule has 10 heteroatoms. The van der Waals surface area contributed by atoms with Gasteiger partial charge in [-0.05, 0) is 58.6 Å². The second-order valence-electron chi connectivity index (χ2n) is 11.1. The molecule has 0 fully saturated rings. The van der Waals surface area contributed by atoms with Crippen molar-refractivity contribution in [3.8, 4) is 11.5 Å². The zero-order chi connectivity index (χ0) is 29.2. The first-order chi connectivity index (χ1) is 18.4. The van der Waals surface area contributed by atoms with Crippen LogP contribution in [0.25, 0.3) is 0 Å². The van der Waals surface area contributed by atoms with Crippen LogP contribution in [-0.2, 0) is 36.2 Å². The van der Waals surface area contributed by atoms with Gasteiger partial charge in [-0.15, -0.1) is 0 Å². The number of hydrogen-bond donors (Lipinski definition) is 0. The average molecular weight is 583 g/mol. The number of ketones is 1. The maximum atomic E-state index is 12.7. The molecule has 0 N–H and O–H groups in total. The third kappa shape index (κ3) is 9.89. The van der Waals surface area contributed by atoms with Gasteiger partial charge >= 0.3 is 13.6 Å². The molecule has 0 aromatic heterocycles. The Bertz CT molecular complexity index is 1080. The van der Waals surface area contributed by atoms with E-state index in [1.807, 2.05) is 13.8 Å². The maximum Gasteiger partial charge on any atom is 0.342 e. The molecule has 0 bridgehead atoms. The van der Waals surface area contributed by atoms with Crippen LogP contribution in [0.2, 0.25) is 25.7 Å². The second-order valence-corrected chi connectivity index (χ2v) is 18.9. The third-order valence-electron chi connectivity index (χ3n) is 6.72. The first kappa shape index (κ1) is 33.3. The number of rotatable bonds is 18. The molecule has 220 valence electrons. The van der Waals surface area contributed by atoms with E-state index < -0.39 is 15.7 Å². The lowest BCUT2D eigenvalue weighted by molar-refractivity contribution is -0.119. The molecule has 1 aromatic carbocycles. The van der Waals surface area contributed by atoms with Crippen LogP contribution < -0.4 is 9.47 Å². The lowest BCUT2D eigenvalue weighted by Crippen LogP contribution is -2.23. The van der Waals surface area contributed by atoms with Crippen molar-refractivity contribution in [1.82, 2.24) is 0 Å². The van der Waals surface area contributed by atoms with E-state index in [0.29, 0.717) is 69.0 Å². The molecular formula is C29H47O8PSi. The van der Waals surface area contributed by atoms with Crippen LogP contribution in [-0.4, -0.2) is 52.9 Å². The summed E-state index contributed by atoms with van der Waals surface area (Å²) in [6, 6.07) is 0.966. The molecule has 0 amide bonds. The van der Waals surface area contributed by atoms with E-state index in [4.69, 9.17) is 23.3 Å². The van der Waals surface area contributed by atoms with Gasteiger partial charge in [-0.25, -0.2) is 4.79 Å². The molecule has 0 saturated heterocycles. The smallest absolute Gasteiger partial charge is 0.342 e. The van der Waals surface area contributed by atoms with Crippen molar-refractivity contribution in [2.24, 2.45) is 0 Å². The summed E-state index contributed by atoms with van der Waals surface area (Å²) in [6.45, 7) is 15.7. The monoisotopic (exact) mass is 582 g/mol. The van der Waals surface area contributed by atoms with Crippen LogP contribution in [0.15, 0.2) is 11.6 Å². The number of allylic oxidation sites excluding steroid dienone is 2. The predicted octanol–water partition coefficient (Wildman–Crippen LogP) is 7.28. The standard InChI is InChI=1S/C29H47O8PSi/c1-9-36-38(32,37-10-2)18-11-12-23(30)15-13-21(3)14-16-24-27(33-5)22(4)25-20-35-29(31)26(25)28(24)34-17-19-39(6,7)8/h14H,9-13,15-20H2,1-8H3/b21-14+. The highest BCUT2D eigenvalue weighted by atomic mass is 31.2. The van der Waals surface area contributed by atoms with Crippen LogP contribution in [0.5, 0.6) is 11.5 Å². The number of methoxy groups -OCH3 is 1. The lowest BCUT2D eigenvalue weighted by Gasteiger charge is -2.21. The SMILES string of the molecule is CCOP(=O)(CCCC(=O)CC/C(C)=C/Cc1c(OC)c(C)c2c(c1OCC[Si](C)(C)C)C(=O)OC2)OCC. The highest BCUT2D eigenvalue weighted by Gasteiger charge is 2.33. The van der Waals surface area contributed by atoms with Gasteiger partial charge in [0.05, 0.1) is 33.1 Å². The Morgan fingerprint density at radius 1 is 1.08 bits per heavy atom. The molecular weight excluding hydrogens is 535 g/mol. The lowest BCUT2D eigenvalue weighted by atomic mass is 9.94. The van der Waals surface area contributed by atoms with Gasteiger partial charge in [-0.1, -0.05) is 31.3 Å². The molecule has 1 aromatic rings. The fourth-order valence-electron chi connectivity index (χ4n) is 4.50. The first-order valence-corrected chi connectivity index (χ1v) is 19.4. The second kappa shape index (κ2) is 15.2. The van der Waals surface area contributed by atoms with Gasteiger partial charge in [-0.2, -0.15) is 0 Å². The van der Waals surface area contributed by atoms with Crippen molar-refractivity contribution in [3.05, 3.63) is 33.9 Å². The number of esters is 1. The summed E-state index contributed by atoms with van der Waals surface area (Å²) in [7, 11) is -2.83. The minimum absolute atomic E-state index is 0.117. The summed E-state index contributed by atoms with van der Waals surface area (Å²) in [6.07, 6.45) is 4.66. The number of Topliss-reactive ketones (excluding diaryl/α,β-unsaturated/α-hetero) is 1. The summed E-state index contributed by atoms with van der Waals surface area (Å²) >= 11 is 0. The third-order valence-corrected chi connectivity index (χ3v) is 10.6. The topological polar surface area (TPSA) is 97.4 Å². The highest BCUT2D eigenvalue weighted by Crippen LogP contribution is 2.48. The van der Waals surface area contributed by atoms with E-state index in [1.54, 1.807) is 21.0 Å². The number of hydrogen-bond acceptors (Lipinski definition) is 8. The minimum Gasteiger partial charge on any atom is -0.496 e. The molecule has 39 heavy (non-hydrogen) atoms. The van der Waals surface area contributed by atoms with Gasteiger partial charge in [-0.3, -0.25) is 9.36 Å². The molecule has 0 unspecified atom stereocenters. The van der Waals surface area contributed by atoms with E-state index in [1.165, 1.54) is 0 Å². The molecule has 8 nitrogen and oxygen atoms in total. The number of benzene rings is 1. The molecule has 1 heterocycles. The molecule has 0 saturated carbocycles. The van der Waals surface area contributed by atoms with E-state index in [2.05, 4.69) is 25.7 Å². The number of cyclic esters (lactones) is 1. The van der Waals surface area contributed by atoms with Crippen LogP contribution >= 0.6 is 7.60 Å². The van der Waals surface area contributed by atoms with Crippen molar-refractivity contribution in [2.45, 2.75) is 92.1 Å². The Morgan fingerprint density at radius 3 is 2.33 bits per heavy atom. The number of fused-ring (bicyclic) bond motifs is 1. The fourth-order valence-corrected chi connectivity index (χ4v) is 6.88. The van der Waals surface area contributed by atoms with Gasteiger partial charge in [0.25, 0.3) is 0 Å². The molecule has 2 rings (SSSR count). The van der Waals surface area contributed by atoms with Gasteiger partial charge in [0.1, 0.15) is 29.5 Å². The Labute approximate surface area is 235 Å². The average Bonchev–Trinajstić information content (AvgIpc) is 3.24. The summed E-state index contributed by atoms with van der Waals surface area (Å²) in [5.41, 5.74) is 4.12. The normalized spacial score (nSPS) is 13.8. The van der Waals surface area contributed by atoms with Crippen LogP contribution in [0, 0.1) is 6.92 Å². The van der Waals surface area contributed by atoms with Crippen molar-refractivity contribution in [2.75, 3.05) is 33.1 Å². The first-order valence-electron chi connectivity index (χ1n) is 13.9. The molecule has 0 aliphatic carbocycles. The van der Waals surface area contributed by atoms with Crippen LogP contribution in [0.3, 0.4) is 0 Å². The summed E-state index contributed by atoms with van der Waals surface area (Å²) in [4.78, 5) is 25.2. The molecule has 0 atom stereocenters. The van der Waals surface area contributed by atoms with Gasteiger partial charge < -0.3 is 23.3 Å². The highest BCUT2D eigenvalue weighted by molar-refractivity contribution is 7.53. The Balaban J connectivity index is 2.11. The van der Waals surface area contributed by atoms with E-state index in [-0.39, 0.29) is 24.5 Å². The van der Waals surface area contributed by atoms with Crippen molar-refractivity contribution >= 4 is 27.4 Å². The van der Waals surface area contributed by atoms with Crippen LogP contribution in [0.1, 0.15) is 73.5 Å². The predicted molar refractivity (Wildman–Crippen MR) is 157 cm³/mol. The minimum atomic E-state index is -3.12. The van der Waals surface area contributed by atoms with Crippen molar-refractivity contribution < 1.29 is 37.4 Å². The molecule has 1 aliphatic rings. The number of carbonyl (C=O) groups excluding carboxylic acids is 2. The number of ether oxygens (including phenoxy) is 3. The molecule has 0 spiro atoms. The number of carbonyl (C=O) groups is 2. The van der Waals surface area contributed by atoms with E-state index in [9.17, 15) is 14.2 Å². The quantitative estimate of drug-likeness (QED) is 0.0771. The Kier molecular flexibility index (Phi) is 12.9. The fraction of sp³-hybridized carbons (Fsp3) is 0.655. The van der Waals surface area contributed by atoms with Gasteiger partial charge in [0.2, 0.25) is 0 Å². The van der Waals surface area contributed by atoms with E-state index >= 15 is 0 Å². The van der Waals surface area contributed by atoms with Gasteiger partial charge in [0.15, 0.2) is 0 Å². The summed E-state index contributed by atoms with van der Waals surface area (Å²) in [5.74, 6) is 1.03. The zero-order valence-corrected chi connectivity index (χ0v) is 27.0. The summed E-state index contributed by atoms with van der Waals surface area (Å²) in [5, 5.41) is 0. The molecule has 0 radical (unpaired) electrons. The maximum absolute atomic E-state index is 12.7. The van der Waals surface area contributed by atoms with E-state index in [0.717, 1.165) is 28.3 Å². The van der Waals surface area contributed by atoms with Crippen molar-refractivity contribution in [1.29, 1.82) is 0 Å². The largest absolute Gasteiger partial charge is 0.496 e. The summed E-state index contributed by atoms with van der Waals surface area (Å²) < 4.78 is 40.6. The zero-order valence-electron chi connectivity index (χ0n) is 25.1. The molecule has 1 aliphatic heterocycles. The Morgan fingerprint density at radius 2 is 1.74 bits per heavy atom.